The van der Waals surface area contributed by atoms with Crippen LogP contribution in [0, 0.1) is 0 Å². The number of hydrogen-bond acceptors (Lipinski definition) is 4. The number of rotatable bonds is 5. The quantitative estimate of drug-likeness (QED) is 0.921. The average molecular weight is 312 g/mol. The van der Waals surface area contributed by atoms with Gasteiger partial charge in [0.05, 0.1) is 11.7 Å². The van der Waals surface area contributed by atoms with Gasteiger partial charge in [-0.3, -0.25) is 0 Å². The van der Waals surface area contributed by atoms with Gasteiger partial charge in [-0.1, -0.05) is 6.92 Å². The second-order valence-corrected chi connectivity index (χ2v) is 5.50. The van der Waals surface area contributed by atoms with Crippen LogP contribution in [-0.2, 0) is 6.42 Å². The Kier molecular flexibility index (Phi) is 4.65. The summed E-state index contributed by atoms with van der Waals surface area (Å²) in [6, 6.07) is 4.30. The van der Waals surface area contributed by atoms with Gasteiger partial charge in [0.1, 0.15) is 6.33 Å². The van der Waals surface area contributed by atoms with Crippen molar-refractivity contribution in [3.8, 4) is 0 Å². The van der Waals surface area contributed by atoms with Gasteiger partial charge in [-0.25, -0.2) is 9.97 Å². The number of nitrogens with zero attached hydrogens (tertiary/aromatic N) is 2. The highest BCUT2D eigenvalue weighted by Crippen LogP contribution is 2.27. The highest BCUT2D eigenvalue weighted by Gasteiger charge is 2.14. The number of aromatic nitrogens is 2. The van der Waals surface area contributed by atoms with E-state index in [9.17, 15) is 0 Å². The fourth-order valence-electron chi connectivity index (χ4n) is 1.69. The third-order valence-electron chi connectivity index (χ3n) is 2.49. The fourth-order valence-corrected chi connectivity index (χ4v) is 3.25. The van der Waals surface area contributed by atoms with Gasteiger partial charge in [-0.05, 0) is 40.0 Å². The maximum absolute atomic E-state index is 4.32. The van der Waals surface area contributed by atoms with E-state index in [1.165, 1.54) is 9.35 Å². The predicted molar refractivity (Wildman–Crippen MR) is 74.2 cm³/mol. The van der Waals surface area contributed by atoms with Crippen molar-refractivity contribution in [2.45, 2.75) is 19.4 Å². The Bertz CT molecular complexity index is 458. The molecule has 1 N–H and O–H groups in total. The number of nitrogens with one attached hydrogen (secondary N) is 1. The lowest BCUT2D eigenvalue weighted by Gasteiger charge is -2.16. The molecule has 17 heavy (non-hydrogen) atoms. The van der Waals surface area contributed by atoms with Gasteiger partial charge >= 0.3 is 0 Å². The minimum atomic E-state index is 0.248. The average Bonchev–Trinajstić information content (AvgIpc) is 2.76. The maximum atomic E-state index is 4.32. The summed E-state index contributed by atoms with van der Waals surface area (Å²) in [6.45, 7) is 3.04. The van der Waals surface area contributed by atoms with E-state index < -0.39 is 0 Å². The molecule has 0 aromatic carbocycles. The lowest BCUT2D eigenvalue weighted by molar-refractivity contribution is 0.538. The highest BCUT2D eigenvalue weighted by molar-refractivity contribution is 9.10. The Hall–Kier alpha value is -0.780. The van der Waals surface area contributed by atoms with E-state index in [0.717, 1.165) is 18.7 Å². The summed E-state index contributed by atoms with van der Waals surface area (Å²) in [4.78, 5) is 9.62. The molecule has 0 aliphatic carbocycles. The Balaban J connectivity index is 2.16. The van der Waals surface area contributed by atoms with Crippen molar-refractivity contribution in [1.29, 1.82) is 0 Å². The number of likely N-dealkylation sites (N-methyl/N-ethyl adjacent to an activating group) is 1. The summed E-state index contributed by atoms with van der Waals surface area (Å²) in [6.07, 6.45) is 4.34. The third kappa shape index (κ3) is 3.34. The molecule has 0 bridgehead atoms. The first-order valence-corrected chi connectivity index (χ1v) is 7.19. The molecule has 2 heterocycles. The van der Waals surface area contributed by atoms with Crippen LogP contribution in [0.2, 0.25) is 0 Å². The topological polar surface area (TPSA) is 37.8 Å². The van der Waals surface area contributed by atoms with Crippen molar-refractivity contribution in [2.75, 3.05) is 6.54 Å². The molecule has 90 valence electrons. The number of thiophene rings is 1. The van der Waals surface area contributed by atoms with Crippen molar-refractivity contribution in [3.63, 3.8) is 0 Å². The van der Waals surface area contributed by atoms with E-state index in [-0.39, 0.29) is 6.04 Å². The van der Waals surface area contributed by atoms with Crippen LogP contribution in [0.15, 0.2) is 34.5 Å². The SMILES string of the molecule is CCNC(Cc1sccc1Br)c1ccncn1. The minimum Gasteiger partial charge on any atom is -0.309 e. The largest absolute Gasteiger partial charge is 0.309 e. The molecule has 1 atom stereocenters. The van der Waals surface area contributed by atoms with Gasteiger partial charge in [0.25, 0.3) is 0 Å². The standard InChI is InChI=1S/C12H14BrN3S/c1-2-15-11(10-3-5-14-8-16-10)7-12-9(13)4-6-17-12/h3-6,8,11,15H,2,7H2,1H3. The van der Waals surface area contributed by atoms with Crippen molar-refractivity contribution in [1.82, 2.24) is 15.3 Å². The first-order chi connectivity index (χ1) is 8.31. The van der Waals surface area contributed by atoms with Crippen LogP contribution in [0.4, 0.5) is 0 Å². The van der Waals surface area contributed by atoms with Crippen molar-refractivity contribution in [3.05, 3.63) is 45.1 Å². The van der Waals surface area contributed by atoms with Gasteiger partial charge < -0.3 is 5.32 Å². The molecule has 5 heteroatoms. The zero-order valence-electron chi connectivity index (χ0n) is 9.56. The maximum Gasteiger partial charge on any atom is 0.115 e. The molecule has 0 aliphatic heterocycles. The smallest absolute Gasteiger partial charge is 0.115 e. The monoisotopic (exact) mass is 311 g/mol. The van der Waals surface area contributed by atoms with Crippen LogP contribution in [0.3, 0.4) is 0 Å². The number of halogens is 1. The predicted octanol–water partition coefficient (Wildman–Crippen LogP) is 3.19. The van der Waals surface area contributed by atoms with Crippen molar-refractivity contribution in [2.24, 2.45) is 0 Å². The van der Waals surface area contributed by atoms with Crippen LogP contribution < -0.4 is 5.32 Å². The molecule has 0 radical (unpaired) electrons. The molecular formula is C12H14BrN3S. The lowest BCUT2D eigenvalue weighted by atomic mass is 10.1. The van der Waals surface area contributed by atoms with Gasteiger partial charge in [-0.2, -0.15) is 0 Å². The second kappa shape index (κ2) is 6.23. The van der Waals surface area contributed by atoms with Gasteiger partial charge in [0, 0.05) is 22.0 Å². The van der Waals surface area contributed by atoms with Crippen LogP contribution in [0.5, 0.6) is 0 Å². The van der Waals surface area contributed by atoms with E-state index in [1.54, 1.807) is 23.9 Å². The summed E-state index contributed by atoms with van der Waals surface area (Å²) < 4.78 is 1.18. The molecule has 2 rings (SSSR count). The summed E-state index contributed by atoms with van der Waals surface area (Å²) in [5, 5.41) is 5.56. The second-order valence-electron chi connectivity index (χ2n) is 3.64. The van der Waals surface area contributed by atoms with E-state index in [4.69, 9.17) is 0 Å². The van der Waals surface area contributed by atoms with Crippen LogP contribution >= 0.6 is 27.3 Å². The van der Waals surface area contributed by atoms with Gasteiger partial charge in [0.2, 0.25) is 0 Å². The third-order valence-corrected chi connectivity index (χ3v) is 4.44. The lowest BCUT2D eigenvalue weighted by Crippen LogP contribution is -2.23. The fraction of sp³-hybridized carbons (Fsp3) is 0.333. The molecule has 0 saturated heterocycles. The van der Waals surface area contributed by atoms with Crippen LogP contribution in [-0.4, -0.2) is 16.5 Å². The molecule has 0 fully saturated rings. The molecule has 3 nitrogen and oxygen atoms in total. The minimum absolute atomic E-state index is 0.248. The molecule has 0 amide bonds. The van der Waals surface area contributed by atoms with E-state index in [2.05, 4.69) is 49.6 Å². The highest BCUT2D eigenvalue weighted by atomic mass is 79.9. The molecular weight excluding hydrogens is 298 g/mol. The Morgan fingerprint density at radius 2 is 2.35 bits per heavy atom. The summed E-state index contributed by atoms with van der Waals surface area (Å²) >= 11 is 5.34. The van der Waals surface area contributed by atoms with E-state index in [1.807, 2.05) is 6.07 Å². The first kappa shape index (κ1) is 12.7. The van der Waals surface area contributed by atoms with Crippen molar-refractivity contribution < 1.29 is 0 Å². The molecule has 0 aliphatic rings. The summed E-state index contributed by atoms with van der Waals surface area (Å²) in [5.41, 5.74) is 1.04. The molecule has 0 saturated carbocycles. The van der Waals surface area contributed by atoms with E-state index >= 15 is 0 Å². The molecule has 2 aromatic rings. The van der Waals surface area contributed by atoms with Gasteiger partial charge in [-0.15, -0.1) is 11.3 Å². The Labute approximate surface area is 113 Å². The van der Waals surface area contributed by atoms with Crippen LogP contribution in [0.25, 0.3) is 0 Å². The molecule has 2 aromatic heterocycles. The molecule has 1 unspecified atom stereocenters. The number of hydrogen-bond donors (Lipinski definition) is 1. The van der Waals surface area contributed by atoms with E-state index in [0.29, 0.717) is 0 Å². The first-order valence-electron chi connectivity index (χ1n) is 5.52. The zero-order valence-corrected chi connectivity index (χ0v) is 12.0. The van der Waals surface area contributed by atoms with Gasteiger partial charge in [0.15, 0.2) is 0 Å². The zero-order chi connectivity index (χ0) is 12.1. The summed E-state index contributed by atoms with van der Waals surface area (Å²) in [7, 11) is 0. The molecule has 0 spiro atoms. The Morgan fingerprint density at radius 3 is 2.94 bits per heavy atom. The Morgan fingerprint density at radius 1 is 1.47 bits per heavy atom. The van der Waals surface area contributed by atoms with Crippen LogP contribution in [0.1, 0.15) is 23.5 Å². The van der Waals surface area contributed by atoms with Crippen molar-refractivity contribution >= 4 is 27.3 Å². The normalized spacial score (nSPS) is 12.6. The summed E-state index contributed by atoms with van der Waals surface area (Å²) in [5.74, 6) is 0.